The molecule has 8 heteroatoms. The number of rotatable bonds is 4. The molecule has 0 spiro atoms. The zero-order valence-electron chi connectivity index (χ0n) is 12.7. The van der Waals surface area contributed by atoms with Crippen LogP contribution in [0.3, 0.4) is 0 Å². The fraction of sp³-hybridized carbons (Fsp3) is 0.0625. The first-order chi connectivity index (χ1) is 11.8. The quantitative estimate of drug-likeness (QED) is 0.570. The summed E-state index contributed by atoms with van der Waals surface area (Å²) in [5, 5.41) is 15.1. The Morgan fingerprint density at radius 1 is 1.08 bits per heavy atom. The molecule has 0 amide bonds. The highest BCUT2D eigenvalue weighted by molar-refractivity contribution is 7.12. The van der Waals surface area contributed by atoms with Gasteiger partial charge in [0.15, 0.2) is 5.01 Å². The van der Waals surface area contributed by atoms with Gasteiger partial charge >= 0.3 is 0 Å². The molecule has 4 aromatic rings. The molecule has 0 atom stereocenters. The fourth-order valence-electron chi connectivity index (χ4n) is 2.28. The van der Waals surface area contributed by atoms with Crippen molar-refractivity contribution in [1.29, 1.82) is 0 Å². The van der Waals surface area contributed by atoms with Gasteiger partial charge in [-0.1, -0.05) is 6.07 Å². The van der Waals surface area contributed by atoms with Crippen molar-refractivity contribution in [3.63, 3.8) is 0 Å². The minimum absolute atomic E-state index is 0.498. The molecule has 0 aliphatic rings. The second kappa shape index (κ2) is 6.17. The molecule has 0 fully saturated rings. The molecule has 3 heterocycles. The summed E-state index contributed by atoms with van der Waals surface area (Å²) in [5.41, 5.74) is 2.50. The number of benzene rings is 1. The minimum Gasteiger partial charge on any atom is -0.496 e. The largest absolute Gasteiger partial charge is 0.496 e. The summed E-state index contributed by atoms with van der Waals surface area (Å²) in [5.74, 6) is 1.19. The molecule has 7 nitrogen and oxygen atoms in total. The van der Waals surface area contributed by atoms with E-state index >= 15 is 0 Å². The third-order valence-corrected chi connectivity index (χ3v) is 4.16. The van der Waals surface area contributed by atoms with Crippen molar-refractivity contribution in [2.75, 3.05) is 7.11 Å². The van der Waals surface area contributed by atoms with Crippen LogP contribution >= 0.6 is 11.3 Å². The standard InChI is InChI=1S/C16H12N6OS/c1-23-14-10-11(5-6-12(14)13-4-2-3-7-17-13)22-20-15(19-21-22)16-18-8-9-24-16/h2-10H,1H3. The third kappa shape index (κ3) is 2.63. The van der Waals surface area contributed by atoms with Crippen LogP contribution in [0, 0.1) is 0 Å². The monoisotopic (exact) mass is 336 g/mol. The number of ether oxygens (including phenoxy) is 1. The number of tetrazole rings is 1. The van der Waals surface area contributed by atoms with Crippen LogP contribution in [0.5, 0.6) is 5.75 Å². The Bertz CT molecular complexity index is 952. The number of hydrogen-bond donors (Lipinski definition) is 0. The summed E-state index contributed by atoms with van der Waals surface area (Å²) in [6.45, 7) is 0. The van der Waals surface area contributed by atoms with Crippen LogP contribution < -0.4 is 4.74 Å². The zero-order chi connectivity index (χ0) is 16.4. The SMILES string of the molecule is COc1cc(-n2nnc(-c3nccs3)n2)ccc1-c1ccccn1. The second-order valence-corrected chi connectivity index (χ2v) is 5.73. The maximum Gasteiger partial charge on any atom is 0.233 e. The van der Waals surface area contributed by atoms with Gasteiger partial charge in [-0.2, -0.15) is 0 Å². The molecule has 24 heavy (non-hydrogen) atoms. The van der Waals surface area contributed by atoms with E-state index in [4.69, 9.17) is 4.74 Å². The predicted octanol–water partition coefficient (Wildman–Crippen LogP) is 2.86. The van der Waals surface area contributed by atoms with Crippen molar-refractivity contribution in [2.24, 2.45) is 0 Å². The first-order valence-corrected chi connectivity index (χ1v) is 8.03. The summed E-state index contributed by atoms with van der Waals surface area (Å²) in [4.78, 5) is 10.0. The Labute approximate surface area is 141 Å². The van der Waals surface area contributed by atoms with E-state index < -0.39 is 0 Å². The molecule has 0 N–H and O–H groups in total. The highest BCUT2D eigenvalue weighted by atomic mass is 32.1. The van der Waals surface area contributed by atoms with Crippen molar-refractivity contribution < 1.29 is 4.74 Å². The normalized spacial score (nSPS) is 10.7. The lowest BCUT2D eigenvalue weighted by Crippen LogP contribution is -2.00. The molecule has 3 aromatic heterocycles. The van der Waals surface area contributed by atoms with Crippen molar-refractivity contribution in [1.82, 2.24) is 30.2 Å². The summed E-state index contributed by atoms with van der Waals surface area (Å²) in [6, 6.07) is 11.4. The molecule has 0 radical (unpaired) electrons. The van der Waals surface area contributed by atoms with Gasteiger partial charge < -0.3 is 4.74 Å². The van der Waals surface area contributed by atoms with Gasteiger partial charge in [0.05, 0.1) is 18.5 Å². The van der Waals surface area contributed by atoms with E-state index in [2.05, 4.69) is 25.4 Å². The topological polar surface area (TPSA) is 78.6 Å². The van der Waals surface area contributed by atoms with Crippen LogP contribution in [-0.4, -0.2) is 37.3 Å². The van der Waals surface area contributed by atoms with Gasteiger partial charge in [-0.05, 0) is 29.5 Å². The number of thiazole rings is 1. The molecular formula is C16H12N6OS. The lowest BCUT2D eigenvalue weighted by Gasteiger charge is -2.09. The van der Waals surface area contributed by atoms with Gasteiger partial charge in [0.25, 0.3) is 0 Å². The van der Waals surface area contributed by atoms with Crippen LogP contribution in [0.15, 0.2) is 54.2 Å². The van der Waals surface area contributed by atoms with Crippen LogP contribution in [0.4, 0.5) is 0 Å². The van der Waals surface area contributed by atoms with E-state index in [-0.39, 0.29) is 0 Å². The van der Waals surface area contributed by atoms with Crippen LogP contribution in [0.2, 0.25) is 0 Å². The lowest BCUT2D eigenvalue weighted by atomic mass is 10.1. The van der Waals surface area contributed by atoms with Crippen molar-refractivity contribution in [2.45, 2.75) is 0 Å². The molecule has 118 valence electrons. The average Bonchev–Trinajstić information content (AvgIpc) is 3.33. The first-order valence-electron chi connectivity index (χ1n) is 7.15. The average molecular weight is 336 g/mol. The molecule has 0 saturated heterocycles. The maximum atomic E-state index is 5.50. The van der Waals surface area contributed by atoms with Crippen LogP contribution in [0.1, 0.15) is 0 Å². The minimum atomic E-state index is 0.498. The van der Waals surface area contributed by atoms with E-state index in [1.54, 1.807) is 19.5 Å². The van der Waals surface area contributed by atoms with Gasteiger partial charge in [-0.15, -0.1) is 26.3 Å². The Hall–Kier alpha value is -3.13. The number of pyridine rings is 1. The lowest BCUT2D eigenvalue weighted by molar-refractivity contribution is 0.415. The molecule has 0 aliphatic carbocycles. The Balaban J connectivity index is 1.72. The molecule has 1 aromatic carbocycles. The fourth-order valence-corrected chi connectivity index (χ4v) is 2.84. The molecule has 0 aliphatic heterocycles. The smallest absolute Gasteiger partial charge is 0.233 e. The molecular weight excluding hydrogens is 324 g/mol. The van der Waals surface area contributed by atoms with Gasteiger partial charge in [0.2, 0.25) is 5.82 Å². The van der Waals surface area contributed by atoms with E-state index in [1.807, 2.05) is 41.8 Å². The predicted molar refractivity (Wildman–Crippen MR) is 90.0 cm³/mol. The van der Waals surface area contributed by atoms with Gasteiger partial charge in [-0.25, -0.2) is 4.98 Å². The van der Waals surface area contributed by atoms with Crippen molar-refractivity contribution in [3.05, 3.63) is 54.2 Å². The molecule has 0 saturated carbocycles. The molecule has 4 rings (SSSR count). The van der Waals surface area contributed by atoms with E-state index in [0.29, 0.717) is 11.6 Å². The number of nitrogens with zero attached hydrogens (tertiary/aromatic N) is 6. The summed E-state index contributed by atoms with van der Waals surface area (Å²) < 4.78 is 5.50. The van der Waals surface area contributed by atoms with Crippen molar-refractivity contribution in [3.8, 4) is 33.5 Å². The summed E-state index contributed by atoms with van der Waals surface area (Å²) >= 11 is 1.47. The molecule has 0 bridgehead atoms. The van der Waals surface area contributed by atoms with E-state index in [0.717, 1.165) is 22.0 Å². The number of methoxy groups -OCH3 is 1. The van der Waals surface area contributed by atoms with Crippen LogP contribution in [0.25, 0.3) is 27.8 Å². The zero-order valence-corrected chi connectivity index (χ0v) is 13.5. The highest BCUT2D eigenvalue weighted by Gasteiger charge is 2.12. The van der Waals surface area contributed by atoms with Gasteiger partial charge in [0, 0.05) is 29.4 Å². The highest BCUT2D eigenvalue weighted by Crippen LogP contribution is 2.30. The van der Waals surface area contributed by atoms with E-state index in [9.17, 15) is 0 Å². The van der Waals surface area contributed by atoms with Gasteiger partial charge in [0.1, 0.15) is 5.75 Å². The first kappa shape index (κ1) is 14.5. The second-order valence-electron chi connectivity index (χ2n) is 4.84. The Kier molecular flexibility index (Phi) is 3.72. The summed E-state index contributed by atoms with van der Waals surface area (Å²) in [7, 11) is 1.63. The number of aromatic nitrogens is 6. The van der Waals surface area contributed by atoms with E-state index in [1.165, 1.54) is 16.1 Å². The van der Waals surface area contributed by atoms with Gasteiger partial charge in [-0.3, -0.25) is 4.98 Å². The Morgan fingerprint density at radius 2 is 2.04 bits per heavy atom. The number of hydrogen-bond acceptors (Lipinski definition) is 7. The maximum absolute atomic E-state index is 5.50. The molecule has 0 unspecified atom stereocenters. The summed E-state index contributed by atoms with van der Waals surface area (Å²) in [6.07, 6.45) is 3.47. The van der Waals surface area contributed by atoms with Crippen LogP contribution in [-0.2, 0) is 0 Å². The van der Waals surface area contributed by atoms with Crippen molar-refractivity contribution >= 4 is 11.3 Å². The third-order valence-electron chi connectivity index (χ3n) is 3.39. The Morgan fingerprint density at radius 3 is 2.79 bits per heavy atom.